The first-order chi connectivity index (χ1) is 16.5. The van der Waals surface area contributed by atoms with Gasteiger partial charge in [0, 0.05) is 34.6 Å². The van der Waals surface area contributed by atoms with Crippen molar-refractivity contribution in [1.82, 2.24) is 9.80 Å². The predicted octanol–water partition coefficient (Wildman–Crippen LogP) is 5.60. The van der Waals surface area contributed by atoms with Crippen LogP contribution in [0.1, 0.15) is 40.2 Å². The van der Waals surface area contributed by atoms with Crippen molar-refractivity contribution in [3.63, 3.8) is 0 Å². The van der Waals surface area contributed by atoms with Gasteiger partial charge in [0.05, 0.1) is 6.04 Å². The first-order valence-electron chi connectivity index (χ1n) is 11.2. The van der Waals surface area contributed by atoms with Crippen molar-refractivity contribution in [3.05, 3.63) is 86.8 Å². The molecule has 0 N–H and O–H groups in total. The van der Waals surface area contributed by atoms with Gasteiger partial charge in [-0.3, -0.25) is 9.59 Å². The van der Waals surface area contributed by atoms with Crippen LogP contribution in [-0.2, 0) is 11.2 Å². The normalized spacial score (nSPS) is 15.0. The van der Waals surface area contributed by atoms with Gasteiger partial charge < -0.3 is 14.5 Å². The first-order valence-corrected chi connectivity index (χ1v) is 12.5. The molecule has 3 aromatic rings. The third-order valence-corrected chi connectivity index (χ3v) is 7.03. The van der Waals surface area contributed by atoms with Crippen molar-refractivity contribution in [1.29, 1.82) is 0 Å². The Hall–Kier alpha value is -2.90. The predicted molar refractivity (Wildman–Crippen MR) is 132 cm³/mol. The third-order valence-electron chi connectivity index (χ3n) is 5.80. The highest BCUT2D eigenvalue weighted by Crippen LogP contribution is 2.34. The number of hydrogen-bond donors (Lipinski definition) is 0. The minimum atomic E-state index is -0.375. The van der Waals surface area contributed by atoms with E-state index in [4.69, 9.17) is 16.3 Å². The molecule has 1 aliphatic rings. The van der Waals surface area contributed by atoms with Gasteiger partial charge >= 0.3 is 0 Å². The highest BCUT2D eigenvalue weighted by Gasteiger charge is 2.33. The number of halogens is 2. The molecule has 0 saturated heterocycles. The monoisotopic (exact) mass is 500 g/mol. The van der Waals surface area contributed by atoms with Gasteiger partial charge in [-0.15, -0.1) is 11.3 Å². The third kappa shape index (κ3) is 5.59. The summed E-state index contributed by atoms with van der Waals surface area (Å²) in [5.74, 6) is -0.328. The molecule has 1 aliphatic heterocycles. The minimum absolute atomic E-state index is 0.0326. The molecule has 0 saturated carbocycles. The fourth-order valence-corrected chi connectivity index (χ4v) is 5.31. The molecule has 2 heterocycles. The molecule has 178 valence electrons. The van der Waals surface area contributed by atoms with Crippen LogP contribution >= 0.6 is 22.9 Å². The van der Waals surface area contributed by atoms with Gasteiger partial charge in [-0.1, -0.05) is 30.7 Å². The van der Waals surface area contributed by atoms with Crippen LogP contribution in [0.3, 0.4) is 0 Å². The van der Waals surface area contributed by atoms with E-state index in [0.29, 0.717) is 29.4 Å². The Bertz CT molecular complexity index is 1170. The van der Waals surface area contributed by atoms with Crippen molar-refractivity contribution < 1.29 is 18.7 Å². The van der Waals surface area contributed by atoms with Gasteiger partial charge in [-0.25, -0.2) is 4.39 Å². The van der Waals surface area contributed by atoms with Crippen molar-refractivity contribution >= 4 is 34.8 Å². The fraction of sp³-hybridized carbons (Fsp3) is 0.308. The Morgan fingerprint density at radius 1 is 1.21 bits per heavy atom. The fourth-order valence-electron chi connectivity index (χ4n) is 4.19. The quantitative estimate of drug-likeness (QED) is 0.404. The summed E-state index contributed by atoms with van der Waals surface area (Å²) in [5.41, 5.74) is 1.50. The Balaban J connectivity index is 1.52. The van der Waals surface area contributed by atoms with Crippen LogP contribution in [-0.4, -0.2) is 47.9 Å². The summed E-state index contributed by atoms with van der Waals surface area (Å²) >= 11 is 7.73. The molecular formula is C26H26ClFN2O3S. The lowest BCUT2D eigenvalue weighted by Crippen LogP contribution is -2.48. The molecule has 4 rings (SSSR count). The number of amides is 2. The largest absolute Gasteiger partial charge is 0.491 e. The van der Waals surface area contributed by atoms with E-state index in [2.05, 4.69) is 0 Å². The number of thiophene rings is 1. The van der Waals surface area contributed by atoms with E-state index in [0.717, 1.165) is 18.4 Å². The molecule has 8 heteroatoms. The van der Waals surface area contributed by atoms with Crippen LogP contribution in [0.15, 0.2) is 60.0 Å². The Morgan fingerprint density at radius 2 is 2.03 bits per heavy atom. The Morgan fingerprint density at radius 3 is 2.79 bits per heavy atom. The van der Waals surface area contributed by atoms with Crippen molar-refractivity contribution in [2.24, 2.45) is 0 Å². The lowest BCUT2D eigenvalue weighted by Gasteiger charge is -2.37. The van der Waals surface area contributed by atoms with Crippen LogP contribution in [0.5, 0.6) is 5.75 Å². The summed E-state index contributed by atoms with van der Waals surface area (Å²) in [5, 5.41) is 2.49. The zero-order valence-corrected chi connectivity index (χ0v) is 20.4. The number of fused-ring (bicyclic) bond motifs is 1. The standard InChI is InChI=1S/C26H26ClFN2O3S/c1-2-11-29(26(32)18-5-3-6-19(27)14-18)16-25(31)30-12-9-24-22(10-13-34-24)23(30)17-33-21-8-4-7-20(28)15-21/h3-8,10,13-15,23H,2,9,11-12,16-17H2,1H3/t23-/m1/s1. The number of carbonyl (C=O) groups is 2. The van der Waals surface area contributed by atoms with Crippen molar-refractivity contribution in [2.45, 2.75) is 25.8 Å². The molecule has 0 bridgehead atoms. The summed E-state index contributed by atoms with van der Waals surface area (Å²) in [7, 11) is 0. The van der Waals surface area contributed by atoms with Gasteiger partial charge in [-0.2, -0.15) is 0 Å². The molecule has 0 spiro atoms. The van der Waals surface area contributed by atoms with E-state index >= 15 is 0 Å². The SMILES string of the molecule is CCCN(CC(=O)N1CCc2sccc2[C@H]1COc1cccc(F)c1)C(=O)c1cccc(Cl)c1. The topological polar surface area (TPSA) is 49.9 Å². The summed E-state index contributed by atoms with van der Waals surface area (Å²) in [4.78, 5) is 31.2. The molecule has 0 fully saturated rings. The van der Waals surface area contributed by atoms with Gasteiger partial charge in [0.25, 0.3) is 5.91 Å². The minimum Gasteiger partial charge on any atom is -0.491 e. The van der Waals surface area contributed by atoms with Gasteiger partial charge in [0.2, 0.25) is 5.91 Å². The second kappa shape index (κ2) is 11.0. The van der Waals surface area contributed by atoms with E-state index in [-0.39, 0.29) is 36.8 Å². The summed E-state index contributed by atoms with van der Waals surface area (Å²) < 4.78 is 19.5. The maximum atomic E-state index is 13.6. The summed E-state index contributed by atoms with van der Waals surface area (Å²) in [6.45, 7) is 3.13. The van der Waals surface area contributed by atoms with Crippen molar-refractivity contribution in [3.8, 4) is 5.75 Å². The van der Waals surface area contributed by atoms with Crippen molar-refractivity contribution in [2.75, 3.05) is 26.2 Å². The number of ether oxygens (including phenoxy) is 1. The zero-order valence-electron chi connectivity index (χ0n) is 18.9. The second-order valence-corrected chi connectivity index (χ2v) is 9.59. The highest BCUT2D eigenvalue weighted by molar-refractivity contribution is 7.10. The number of benzene rings is 2. The molecule has 0 radical (unpaired) electrons. The molecule has 1 aromatic heterocycles. The maximum Gasteiger partial charge on any atom is 0.254 e. The zero-order chi connectivity index (χ0) is 24.1. The number of carbonyl (C=O) groups excluding carboxylic acids is 2. The van der Waals surface area contributed by atoms with E-state index in [9.17, 15) is 14.0 Å². The number of hydrogen-bond acceptors (Lipinski definition) is 4. The van der Waals surface area contributed by atoms with Gasteiger partial charge in [0.1, 0.15) is 24.7 Å². The first kappa shape index (κ1) is 24.2. The lowest BCUT2D eigenvalue weighted by atomic mass is 10.0. The Labute approximate surface area is 207 Å². The lowest BCUT2D eigenvalue weighted by molar-refractivity contribution is -0.135. The number of rotatable bonds is 8. The van der Waals surface area contributed by atoms with Gasteiger partial charge in [0.15, 0.2) is 0 Å². The molecule has 5 nitrogen and oxygen atoms in total. The average Bonchev–Trinajstić information content (AvgIpc) is 3.31. The Kier molecular flexibility index (Phi) is 7.85. The molecule has 0 aliphatic carbocycles. The molecule has 1 atom stereocenters. The molecule has 34 heavy (non-hydrogen) atoms. The van der Waals surface area contributed by atoms with Gasteiger partial charge in [-0.05, 0) is 60.2 Å². The molecule has 2 aromatic carbocycles. The molecule has 2 amide bonds. The number of nitrogens with zero attached hydrogens (tertiary/aromatic N) is 2. The van der Waals surface area contributed by atoms with E-state index in [1.807, 2.05) is 18.4 Å². The maximum absolute atomic E-state index is 13.6. The van der Waals surface area contributed by atoms with Crippen LogP contribution in [0.25, 0.3) is 0 Å². The van der Waals surface area contributed by atoms with E-state index in [1.54, 1.807) is 57.5 Å². The molecule has 0 unspecified atom stereocenters. The second-order valence-electron chi connectivity index (χ2n) is 8.16. The smallest absolute Gasteiger partial charge is 0.254 e. The van der Waals surface area contributed by atoms with Crippen LogP contribution < -0.4 is 4.74 Å². The average molecular weight is 501 g/mol. The van der Waals surface area contributed by atoms with E-state index < -0.39 is 0 Å². The summed E-state index contributed by atoms with van der Waals surface area (Å²) in [6.07, 6.45) is 1.48. The van der Waals surface area contributed by atoms with E-state index in [1.165, 1.54) is 17.0 Å². The highest BCUT2D eigenvalue weighted by atomic mass is 35.5. The molecular weight excluding hydrogens is 475 g/mol. The summed E-state index contributed by atoms with van der Waals surface area (Å²) in [6, 6.07) is 14.4. The van der Waals surface area contributed by atoms with Crippen LogP contribution in [0.4, 0.5) is 4.39 Å². The van der Waals surface area contributed by atoms with Crippen LogP contribution in [0.2, 0.25) is 5.02 Å². The van der Waals surface area contributed by atoms with Crippen LogP contribution in [0, 0.1) is 5.82 Å².